The Hall–Kier alpha value is -1.42. The summed E-state index contributed by atoms with van der Waals surface area (Å²) in [7, 11) is 1.50. The molecule has 0 amide bonds. The molecule has 15 heavy (non-hydrogen) atoms. The van der Waals surface area contributed by atoms with Crippen molar-refractivity contribution in [3.63, 3.8) is 0 Å². The first-order chi connectivity index (χ1) is 7.01. The molecule has 1 aromatic heterocycles. The van der Waals surface area contributed by atoms with Crippen molar-refractivity contribution in [2.45, 2.75) is 25.9 Å². The number of pyridine rings is 1. The van der Waals surface area contributed by atoms with Crippen LogP contribution in [0.2, 0.25) is 0 Å². The maximum Gasteiger partial charge on any atom is 0.195 e. The van der Waals surface area contributed by atoms with Crippen molar-refractivity contribution in [3.8, 4) is 5.75 Å². The molecule has 0 saturated heterocycles. The molecule has 0 spiro atoms. The van der Waals surface area contributed by atoms with Gasteiger partial charge in [0.25, 0.3) is 0 Å². The number of ether oxygens (including phenoxy) is 1. The van der Waals surface area contributed by atoms with Crippen LogP contribution in [0.5, 0.6) is 5.75 Å². The highest BCUT2D eigenvalue weighted by Crippen LogP contribution is 2.19. The van der Waals surface area contributed by atoms with Crippen LogP contribution in [-0.2, 0) is 0 Å². The van der Waals surface area contributed by atoms with Crippen LogP contribution in [0.1, 0.15) is 30.6 Å². The number of aromatic nitrogens is 1. The van der Waals surface area contributed by atoms with Crippen LogP contribution < -0.4 is 4.74 Å². The molecule has 4 heteroatoms. The van der Waals surface area contributed by atoms with Crippen molar-refractivity contribution in [2.75, 3.05) is 7.11 Å². The monoisotopic (exact) mass is 209 g/mol. The normalized spacial score (nSPS) is 14.4. The van der Waals surface area contributed by atoms with Gasteiger partial charge in [-0.15, -0.1) is 0 Å². The number of hydrogen-bond acceptors (Lipinski definition) is 4. The van der Waals surface area contributed by atoms with E-state index in [1.165, 1.54) is 26.4 Å². The lowest BCUT2D eigenvalue weighted by Crippen LogP contribution is -2.34. The van der Waals surface area contributed by atoms with Crippen LogP contribution in [0.3, 0.4) is 0 Å². The third-order valence-corrected chi connectivity index (χ3v) is 2.39. The van der Waals surface area contributed by atoms with Gasteiger partial charge in [0.15, 0.2) is 5.78 Å². The van der Waals surface area contributed by atoms with Gasteiger partial charge in [0, 0.05) is 11.8 Å². The molecule has 1 rings (SSSR count). The molecule has 0 aliphatic carbocycles. The van der Waals surface area contributed by atoms with Gasteiger partial charge in [0.05, 0.1) is 13.3 Å². The van der Waals surface area contributed by atoms with E-state index in [1.54, 1.807) is 13.0 Å². The van der Waals surface area contributed by atoms with Gasteiger partial charge in [0.1, 0.15) is 11.4 Å². The second-order valence-electron chi connectivity index (χ2n) is 3.57. The van der Waals surface area contributed by atoms with Gasteiger partial charge in [-0.25, -0.2) is 0 Å². The Morgan fingerprint density at radius 3 is 2.80 bits per heavy atom. The summed E-state index contributed by atoms with van der Waals surface area (Å²) >= 11 is 0. The minimum absolute atomic E-state index is 0.337. The zero-order valence-corrected chi connectivity index (χ0v) is 9.15. The predicted octanol–water partition coefficient (Wildman–Crippen LogP) is 1.43. The number of hydrogen-bond donors (Lipinski definition) is 1. The molecular weight excluding hydrogens is 194 g/mol. The van der Waals surface area contributed by atoms with E-state index >= 15 is 0 Å². The van der Waals surface area contributed by atoms with Gasteiger partial charge in [0.2, 0.25) is 0 Å². The highest BCUT2D eigenvalue weighted by molar-refractivity contribution is 6.01. The topological polar surface area (TPSA) is 59.4 Å². The molecule has 1 heterocycles. The maximum atomic E-state index is 11.8. The smallest absolute Gasteiger partial charge is 0.195 e. The van der Waals surface area contributed by atoms with Gasteiger partial charge in [-0.2, -0.15) is 0 Å². The standard InChI is InChI=1S/C11H15NO3/c1-4-11(2,14)10(13)8-5-9(15-3)7-12-6-8/h5-7,14H,4H2,1-3H3. The number of carbonyl (C=O) groups excluding carboxylic acids is 1. The number of nitrogens with zero attached hydrogens (tertiary/aromatic N) is 1. The highest BCUT2D eigenvalue weighted by atomic mass is 16.5. The van der Waals surface area contributed by atoms with Gasteiger partial charge in [-0.3, -0.25) is 9.78 Å². The van der Waals surface area contributed by atoms with Crippen molar-refractivity contribution in [1.82, 2.24) is 4.98 Å². The summed E-state index contributed by atoms with van der Waals surface area (Å²) in [6, 6.07) is 1.57. The molecule has 0 aromatic carbocycles. The Morgan fingerprint density at radius 2 is 2.27 bits per heavy atom. The molecule has 82 valence electrons. The van der Waals surface area contributed by atoms with Gasteiger partial charge < -0.3 is 9.84 Å². The molecule has 0 aliphatic rings. The Labute approximate surface area is 88.9 Å². The fourth-order valence-corrected chi connectivity index (χ4v) is 1.13. The van der Waals surface area contributed by atoms with Gasteiger partial charge in [-0.1, -0.05) is 6.92 Å². The third-order valence-electron chi connectivity index (χ3n) is 2.39. The molecule has 1 N–H and O–H groups in total. The zero-order valence-electron chi connectivity index (χ0n) is 9.15. The van der Waals surface area contributed by atoms with E-state index in [1.807, 2.05) is 0 Å². The van der Waals surface area contributed by atoms with E-state index in [4.69, 9.17) is 4.74 Å². The van der Waals surface area contributed by atoms with E-state index in [0.29, 0.717) is 17.7 Å². The second kappa shape index (κ2) is 4.40. The molecule has 1 unspecified atom stereocenters. The van der Waals surface area contributed by atoms with E-state index in [-0.39, 0.29) is 5.78 Å². The second-order valence-corrected chi connectivity index (χ2v) is 3.57. The Bertz CT molecular complexity index is 361. The number of methoxy groups -OCH3 is 1. The van der Waals surface area contributed by atoms with Crippen molar-refractivity contribution >= 4 is 5.78 Å². The van der Waals surface area contributed by atoms with Gasteiger partial charge >= 0.3 is 0 Å². The molecule has 0 radical (unpaired) electrons. The highest BCUT2D eigenvalue weighted by Gasteiger charge is 2.29. The van der Waals surface area contributed by atoms with E-state index in [2.05, 4.69) is 4.98 Å². The van der Waals surface area contributed by atoms with Crippen molar-refractivity contribution < 1.29 is 14.6 Å². The summed E-state index contributed by atoms with van der Waals surface area (Å²) in [5.74, 6) is 0.171. The molecule has 1 atom stereocenters. The molecule has 1 aromatic rings. The first-order valence-electron chi connectivity index (χ1n) is 4.77. The lowest BCUT2D eigenvalue weighted by Gasteiger charge is -2.19. The Balaban J connectivity index is 3.01. The average molecular weight is 209 g/mol. The summed E-state index contributed by atoms with van der Waals surface area (Å²) in [4.78, 5) is 15.7. The van der Waals surface area contributed by atoms with Crippen molar-refractivity contribution in [1.29, 1.82) is 0 Å². The summed E-state index contributed by atoms with van der Waals surface area (Å²) < 4.78 is 4.95. The molecule has 0 saturated carbocycles. The van der Waals surface area contributed by atoms with Crippen LogP contribution in [0.15, 0.2) is 18.5 Å². The molecule has 0 fully saturated rings. The summed E-state index contributed by atoms with van der Waals surface area (Å²) in [6.07, 6.45) is 3.30. The number of ketones is 1. The third kappa shape index (κ3) is 2.53. The van der Waals surface area contributed by atoms with Crippen LogP contribution >= 0.6 is 0 Å². The van der Waals surface area contributed by atoms with Crippen LogP contribution in [0, 0.1) is 0 Å². The Kier molecular flexibility index (Phi) is 3.42. The van der Waals surface area contributed by atoms with E-state index < -0.39 is 5.60 Å². The summed E-state index contributed by atoms with van der Waals surface area (Å²) in [5.41, 5.74) is -0.977. The number of Topliss-reactive ketones (excluding diaryl/α,β-unsaturated/α-hetero) is 1. The minimum Gasteiger partial charge on any atom is -0.495 e. The molecule has 4 nitrogen and oxygen atoms in total. The first-order valence-corrected chi connectivity index (χ1v) is 4.77. The predicted molar refractivity (Wildman–Crippen MR) is 56.0 cm³/mol. The largest absolute Gasteiger partial charge is 0.495 e. The quantitative estimate of drug-likeness (QED) is 0.762. The fourth-order valence-electron chi connectivity index (χ4n) is 1.13. The number of carbonyl (C=O) groups is 1. The molecular formula is C11H15NO3. The lowest BCUT2D eigenvalue weighted by atomic mass is 9.93. The minimum atomic E-state index is -1.34. The summed E-state index contributed by atoms with van der Waals surface area (Å²) in [6.45, 7) is 3.25. The van der Waals surface area contributed by atoms with Gasteiger partial charge in [-0.05, 0) is 19.4 Å². The molecule has 0 bridgehead atoms. The fraction of sp³-hybridized carbons (Fsp3) is 0.455. The number of aliphatic hydroxyl groups is 1. The number of rotatable bonds is 4. The average Bonchev–Trinajstić information content (AvgIpc) is 2.28. The lowest BCUT2D eigenvalue weighted by molar-refractivity contribution is 0.0390. The van der Waals surface area contributed by atoms with Crippen LogP contribution in [0.25, 0.3) is 0 Å². The zero-order chi connectivity index (χ0) is 11.5. The first kappa shape index (κ1) is 11.7. The van der Waals surface area contributed by atoms with Crippen molar-refractivity contribution in [2.24, 2.45) is 0 Å². The Morgan fingerprint density at radius 1 is 1.60 bits per heavy atom. The SMILES string of the molecule is CCC(C)(O)C(=O)c1cncc(OC)c1. The van der Waals surface area contributed by atoms with Crippen LogP contribution in [-0.4, -0.2) is 28.6 Å². The van der Waals surface area contributed by atoms with E-state index in [9.17, 15) is 9.90 Å². The van der Waals surface area contributed by atoms with E-state index in [0.717, 1.165) is 0 Å². The maximum absolute atomic E-state index is 11.8. The van der Waals surface area contributed by atoms with Crippen molar-refractivity contribution in [3.05, 3.63) is 24.0 Å². The molecule has 0 aliphatic heterocycles. The summed E-state index contributed by atoms with van der Waals surface area (Å²) in [5, 5.41) is 9.79. The van der Waals surface area contributed by atoms with Crippen LogP contribution in [0.4, 0.5) is 0 Å².